The van der Waals surface area contributed by atoms with Crippen molar-refractivity contribution in [3.8, 4) is 0 Å². The molecular formula is C30H46O2. The first-order valence-electron chi connectivity index (χ1n) is 13.4. The monoisotopic (exact) mass is 438 g/mol. The van der Waals surface area contributed by atoms with E-state index in [4.69, 9.17) is 4.74 Å². The van der Waals surface area contributed by atoms with Crippen LogP contribution in [0.1, 0.15) is 99.8 Å². The summed E-state index contributed by atoms with van der Waals surface area (Å²) < 4.78 is 6.25. The highest BCUT2D eigenvalue weighted by molar-refractivity contribution is 5.85. The van der Waals surface area contributed by atoms with Gasteiger partial charge in [0.25, 0.3) is 0 Å². The Bertz CT molecular complexity index is 860. The summed E-state index contributed by atoms with van der Waals surface area (Å²) in [6.45, 7) is 17.6. The minimum absolute atomic E-state index is 0.171. The third kappa shape index (κ3) is 2.96. The van der Waals surface area contributed by atoms with Gasteiger partial charge in [-0.2, -0.15) is 0 Å². The molecule has 1 heterocycles. The predicted molar refractivity (Wildman–Crippen MR) is 131 cm³/mol. The molecule has 5 aliphatic rings. The molecule has 5 rings (SSSR count). The Morgan fingerprint density at radius 2 is 1.81 bits per heavy atom. The van der Waals surface area contributed by atoms with Gasteiger partial charge >= 0.3 is 0 Å². The van der Waals surface area contributed by atoms with Gasteiger partial charge in [0.15, 0.2) is 0 Å². The van der Waals surface area contributed by atoms with Crippen LogP contribution in [0, 0.1) is 45.3 Å². The number of carbonyl (C=O) groups is 1. The number of allylic oxidation sites excluding steroid dienone is 3. The van der Waals surface area contributed by atoms with E-state index < -0.39 is 0 Å². The summed E-state index contributed by atoms with van der Waals surface area (Å²) in [6.07, 6.45) is 14.9. The van der Waals surface area contributed by atoms with E-state index >= 15 is 0 Å². The van der Waals surface area contributed by atoms with Crippen molar-refractivity contribution in [2.45, 2.75) is 106 Å². The summed E-state index contributed by atoms with van der Waals surface area (Å²) in [5, 5.41) is 0. The number of hydrogen-bond acceptors (Lipinski definition) is 2. The van der Waals surface area contributed by atoms with Crippen molar-refractivity contribution in [1.29, 1.82) is 0 Å². The predicted octanol–water partition coefficient (Wildman–Crippen LogP) is 7.53. The van der Waals surface area contributed by atoms with E-state index in [2.05, 4.69) is 60.6 Å². The van der Waals surface area contributed by atoms with Gasteiger partial charge in [-0.3, -0.25) is 4.79 Å². The molecule has 178 valence electrons. The summed E-state index contributed by atoms with van der Waals surface area (Å²) in [6, 6.07) is 0. The van der Waals surface area contributed by atoms with Crippen LogP contribution in [0.25, 0.3) is 0 Å². The van der Waals surface area contributed by atoms with Gasteiger partial charge in [-0.1, -0.05) is 57.9 Å². The van der Waals surface area contributed by atoms with Crippen LogP contribution < -0.4 is 0 Å². The zero-order chi connectivity index (χ0) is 23.1. The standard InChI is InChI=1S/C30H46O2/c1-19(2)16-21-17-20(18-32-21)22-10-14-30(7)24-8-9-25-27(3,4)26(31)12-13-28(25,5)23(24)11-15-29(22,30)6/h8,16,20-23,25H,9-15,17-18H2,1-7H3/t20-,21+,22-,23-,25+,28+,29-,30+/m0/s1. The van der Waals surface area contributed by atoms with Gasteiger partial charge in [-0.05, 0) is 98.7 Å². The molecule has 0 radical (unpaired) electrons. The first-order chi connectivity index (χ1) is 14.9. The Hall–Kier alpha value is -0.890. The van der Waals surface area contributed by atoms with E-state index in [9.17, 15) is 4.79 Å². The topological polar surface area (TPSA) is 26.3 Å². The molecular weight excluding hydrogens is 392 g/mol. The van der Waals surface area contributed by atoms with Crippen molar-refractivity contribution in [3.63, 3.8) is 0 Å². The fourth-order valence-corrected chi connectivity index (χ4v) is 9.76. The number of fused-ring (bicyclic) bond motifs is 5. The van der Waals surface area contributed by atoms with E-state index in [0.29, 0.717) is 40.5 Å². The second-order valence-electron chi connectivity index (χ2n) is 13.7. The van der Waals surface area contributed by atoms with E-state index in [1.807, 2.05) is 0 Å². The molecule has 0 unspecified atom stereocenters. The normalized spacial score (nSPS) is 49.7. The zero-order valence-corrected chi connectivity index (χ0v) is 21.7. The molecule has 8 atom stereocenters. The molecule has 0 aromatic rings. The van der Waals surface area contributed by atoms with Crippen molar-refractivity contribution in [2.24, 2.45) is 45.3 Å². The van der Waals surface area contributed by atoms with Gasteiger partial charge < -0.3 is 4.74 Å². The van der Waals surface area contributed by atoms with Crippen molar-refractivity contribution in [3.05, 3.63) is 23.3 Å². The smallest absolute Gasteiger partial charge is 0.138 e. The molecule has 0 aromatic heterocycles. The van der Waals surface area contributed by atoms with Crippen LogP contribution in [0.5, 0.6) is 0 Å². The van der Waals surface area contributed by atoms with Crippen molar-refractivity contribution in [1.82, 2.24) is 0 Å². The molecule has 0 aromatic carbocycles. The average molecular weight is 439 g/mol. The van der Waals surface area contributed by atoms with Crippen LogP contribution in [0.2, 0.25) is 0 Å². The fraction of sp³-hybridized carbons (Fsp3) is 0.833. The van der Waals surface area contributed by atoms with Crippen molar-refractivity contribution >= 4 is 5.78 Å². The fourth-order valence-electron chi connectivity index (χ4n) is 9.76. The highest BCUT2D eigenvalue weighted by Gasteiger charge is 2.65. The Morgan fingerprint density at radius 1 is 1.06 bits per heavy atom. The quantitative estimate of drug-likeness (QED) is 0.416. The second kappa shape index (κ2) is 7.30. The van der Waals surface area contributed by atoms with Crippen LogP contribution in [0.15, 0.2) is 23.3 Å². The Kier molecular flexibility index (Phi) is 5.22. The van der Waals surface area contributed by atoms with Gasteiger partial charge in [0.2, 0.25) is 0 Å². The van der Waals surface area contributed by atoms with Crippen LogP contribution in [-0.2, 0) is 9.53 Å². The van der Waals surface area contributed by atoms with Gasteiger partial charge in [0.05, 0.1) is 12.7 Å². The molecule has 1 aliphatic heterocycles. The Balaban J connectivity index is 1.45. The number of ketones is 1. The minimum atomic E-state index is -0.171. The lowest BCUT2D eigenvalue weighted by Gasteiger charge is -2.63. The first kappa shape index (κ1) is 22.9. The average Bonchev–Trinajstić information content (AvgIpc) is 3.26. The van der Waals surface area contributed by atoms with Crippen LogP contribution in [0.3, 0.4) is 0 Å². The maximum Gasteiger partial charge on any atom is 0.138 e. The Morgan fingerprint density at radius 3 is 2.53 bits per heavy atom. The molecule has 4 aliphatic carbocycles. The minimum Gasteiger partial charge on any atom is -0.374 e. The Labute approximate surface area is 196 Å². The van der Waals surface area contributed by atoms with Crippen molar-refractivity contribution in [2.75, 3.05) is 6.61 Å². The summed E-state index contributed by atoms with van der Waals surface area (Å²) in [5.41, 5.74) is 3.98. The second-order valence-corrected chi connectivity index (χ2v) is 13.7. The van der Waals surface area contributed by atoms with Crippen molar-refractivity contribution < 1.29 is 9.53 Å². The molecule has 32 heavy (non-hydrogen) atoms. The highest BCUT2D eigenvalue weighted by Crippen LogP contribution is 2.73. The number of ether oxygens (including phenoxy) is 1. The van der Waals surface area contributed by atoms with Crippen LogP contribution >= 0.6 is 0 Å². The maximum absolute atomic E-state index is 12.8. The highest BCUT2D eigenvalue weighted by atomic mass is 16.5. The summed E-state index contributed by atoms with van der Waals surface area (Å²) in [5.74, 6) is 3.15. The molecule has 2 heteroatoms. The molecule has 4 fully saturated rings. The lowest BCUT2D eigenvalue weighted by molar-refractivity contribution is -0.146. The molecule has 1 saturated heterocycles. The number of Topliss-reactive ketones (excluding diaryl/α,β-unsaturated/α-hetero) is 1. The van der Waals surface area contributed by atoms with Gasteiger partial charge in [-0.15, -0.1) is 0 Å². The maximum atomic E-state index is 12.8. The van der Waals surface area contributed by atoms with E-state index in [1.54, 1.807) is 5.57 Å². The number of hydrogen-bond donors (Lipinski definition) is 0. The summed E-state index contributed by atoms with van der Waals surface area (Å²) in [4.78, 5) is 12.8. The van der Waals surface area contributed by atoms with Crippen LogP contribution in [0.4, 0.5) is 0 Å². The molecule has 0 bridgehead atoms. The van der Waals surface area contributed by atoms with E-state index in [-0.39, 0.29) is 10.8 Å². The van der Waals surface area contributed by atoms with Gasteiger partial charge in [-0.25, -0.2) is 0 Å². The third-order valence-electron chi connectivity index (χ3n) is 11.8. The molecule has 0 N–H and O–H groups in total. The lowest BCUT2D eigenvalue weighted by Crippen LogP contribution is -2.57. The molecule has 0 spiro atoms. The lowest BCUT2D eigenvalue weighted by atomic mass is 9.41. The van der Waals surface area contributed by atoms with E-state index in [0.717, 1.165) is 31.8 Å². The van der Waals surface area contributed by atoms with Crippen LogP contribution in [-0.4, -0.2) is 18.5 Å². The molecule has 3 saturated carbocycles. The molecule has 2 nitrogen and oxygen atoms in total. The van der Waals surface area contributed by atoms with Gasteiger partial charge in [0.1, 0.15) is 5.78 Å². The first-order valence-corrected chi connectivity index (χ1v) is 13.4. The molecule has 0 amide bonds. The number of carbonyl (C=O) groups excluding carboxylic acids is 1. The van der Waals surface area contributed by atoms with E-state index in [1.165, 1.54) is 37.7 Å². The summed E-state index contributed by atoms with van der Waals surface area (Å²) >= 11 is 0. The zero-order valence-electron chi connectivity index (χ0n) is 21.7. The SMILES string of the molecule is CC(C)=C[C@@H]1C[C@H]([C@@H]2CC[C@]3(C)C4=CC[C@@H]5C(C)(C)C(=O)CC[C@]5(C)[C@H]4CC[C@@]23C)CO1. The third-order valence-corrected chi connectivity index (χ3v) is 11.8. The summed E-state index contributed by atoms with van der Waals surface area (Å²) in [7, 11) is 0. The largest absolute Gasteiger partial charge is 0.374 e. The van der Waals surface area contributed by atoms with Gasteiger partial charge in [0, 0.05) is 11.8 Å². The number of rotatable bonds is 2.